The smallest absolute Gasteiger partial charge is 0.340 e. The number of hydrogen-bond donors (Lipinski definition) is 1. The average molecular weight is 573 g/mol. The number of ether oxygens (including phenoxy) is 2. The number of hydrogen-bond acceptors (Lipinski definition) is 6. The van der Waals surface area contributed by atoms with Crippen molar-refractivity contribution in [3.63, 3.8) is 0 Å². The molecule has 3 amide bonds. The molecule has 0 spiro atoms. The molecule has 4 aromatic rings. The molecule has 2 atom stereocenters. The molecular formula is C35H28N2O6. The number of imide groups is 1. The standard InChI is InChI=1S/C35H28N2O6/c1-2-42-21-17-15-20(16-18-21)36-28(38)19-43-35(41)26-13-7-8-14-27(26)37-33(39)31-29-22-9-3-4-10-23(22)30(32(31)34(37)40)25-12-6-5-11-24(25)29/h3-18,29-32H,2,19H2,1H3,(H,36,38)/t29?,30?,31-,32-/m1/s1. The molecule has 8 heteroatoms. The monoisotopic (exact) mass is 572 g/mol. The van der Waals surface area contributed by atoms with Crippen LogP contribution in [0.3, 0.4) is 0 Å². The Balaban J connectivity index is 1.13. The predicted molar refractivity (Wildman–Crippen MR) is 159 cm³/mol. The number of anilines is 2. The molecule has 1 saturated heterocycles. The molecule has 0 saturated carbocycles. The number of nitrogens with one attached hydrogen (secondary N) is 1. The summed E-state index contributed by atoms with van der Waals surface area (Å²) in [5.74, 6) is -2.98. The van der Waals surface area contributed by atoms with Crippen molar-refractivity contribution in [3.8, 4) is 5.75 Å². The van der Waals surface area contributed by atoms with E-state index in [1.54, 1.807) is 42.5 Å². The zero-order chi connectivity index (χ0) is 29.7. The largest absolute Gasteiger partial charge is 0.494 e. The minimum Gasteiger partial charge on any atom is -0.494 e. The Bertz CT molecular complexity index is 1670. The number of para-hydroxylation sites is 1. The van der Waals surface area contributed by atoms with Crippen molar-refractivity contribution in [1.29, 1.82) is 0 Å². The summed E-state index contributed by atoms with van der Waals surface area (Å²) in [7, 11) is 0. The SMILES string of the molecule is CCOc1ccc(NC(=O)COC(=O)c2ccccc2N2C(=O)[C@@H]3C4c5ccccc5C(c5ccccc54)[C@H]3C2=O)cc1. The second-order valence-electron chi connectivity index (χ2n) is 10.9. The lowest BCUT2D eigenvalue weighted by Gasteiger charge is -2.45. The molecule has 214 valence electrons. The summed E-state index contributed by atoms with van der Waals surface area (Å²) < 4.78 is 10.8. The van der Waals surface area contributed by atoms with Gasteiger partial charge in [-0.1, -0.05) is 60.7 Å². The van der Waals surface area contributed by atoms with Crippen LogP contribution in [0.25, 0.3) is 0 Å². The molecule has 0 radical (unpaired) electrons. The van der Waals surface area contributed by atoms with Gasteiger partial charge in [0, 0.05) is 17.5 Å². The molecule has 2 bridgehead atoms. The van der Waals surface area contributed by atoms with E-state index in [9.17, 15) is 19.2 Å². The topological polar surface area (TPSA) is 102 Å². The first-order chi connectivity index (χ1) is 21.0. The Hall–Kier alpha value is -5.24. The van der Waals surface area contributed by atoms with Crippen LogP contribution < -0.4 is 15.0 Å². The van der Waals surface area contributed by atoms with Crippen molar-refractivity contribution in [2.45, 2.75) is 18.8 Å². The molecule has 43 heavy (non-hydrogen) atoms. The highest BCUT2D eigenvalue weighted by molar-refractivity contribution is 6.25. The summed E-state index contributed by atoms with van der Waals surface area (Å²) in [5.41, 5.74) is 5.01. The lowest BCUT2D eigenvalue weighted by Crippen LogP contribution is -2.41. The lowest BCUT2D eigenvalue weighted by molar-refractivity contribution is -0.122. The van der Waals surface area contributed by atoms with Gasteiger partial charge in [0.05, 0.1) is 29.7 Å². The zero-order valence-electron chi connectivity index (χ0n) is 23.4. The third kappa shape index (κ3) is 4.29. The summed E-state index contributed by atoms with van der Waals surface area (Å²) in [4.78, 5) is 55.2. The van der Waals surface area contributed by atoms with Crippen LogP contribution in [-0.2, 0) is 19.1 Å². The van der Waals surface area contributed by atoms with Gasteiger partial charge < -0.3 is 14.8 Å². The van der Waals surface area contributed by atoms with Crippen molar-refractivity contribution in [3.05, 3.63) is 125 Å². The van der Waals surface area contributed by atoms with Crippen LogP contribution in [0, 0.1) is 11.8 Å². The van der Waals surface area contributed by atoms with Crippen molar-refractivity contribution in [2.75, 3.05) is 23.4 Å². The predicted octanol–water partition coefficient (Wildman–Crippen LogP) is 5.28. The minimum atomic E-state index is -0.803. The Morgan fingerprint density at radius 1 is 0.721 bits per heavy atom. The molecule has 8 rings (SSSR count). The molecule has 0 unspecified atom stereocenters. The zero-order valence-corrected chi connectivity index (χ0v) is 23.4. The van der Waals surface area contributed by atoms with E-state index < -0.39 is 30.3 Å². The van der Waals surface area contributed by atoms with Crippen molar-refractivity contribution < 1.29 is 28.7 Å². The highest BCUT2D eigenvalue weighted by Gasteiger charge is 2.62. The quantitative estimate of drug-likeness (QED) is 0.239. The first-order valence-corrected chi connectivity index (χ1v) is 14.3. The van der Waals surface area contributed by atoms with E-state index in [4.69, 9.17) is 9.47 Å². The normalized spacial score (nSPS) is 21.1. The fraction of sp³-hybridized carbons (Fsp3) is 0.200. The number of esters is 1. The fourth-order valence-electron chi connectivity index (χ4n) is 6.96. The molecule has 3 aliphatic carbocycles. The molecule has 4 aliphatic rings. The van der Waals surface area contributed by atoms with Crippen LogP contribution >= 0.6 is 0 Å². The third-order valence-electron chi connectivity index (χ3n) is 8.60. The van der Waals surface area contributed by atoms with Gasteiger partial charge in [0.1, 0.15) is 5.75 Å². The van der Waals surface area contributed by atoms with Gasteiger partial charge in [-0.15, -0.1) is 0 Å². The van der Waals surface area contributed by atoms with Gasteiger partial charge in [-0.3, -0.25) is 14.4 Å². The van der Waals surface area contributed by atoms with E-state index in [0.717, 1.165) is 27.2 Å². The van der Waals surface area contributed by atoms with E-state index in [-0.39, 0.29) is 34.9 Å². The minimum absolute atomic E-state index is 0.0408. The highest BCUT2D eigenvalue weighted by atomic mass is 16.5. The number of amides is 3. The second-order valence-corrected chi connectivity index (χ2v) is 10.9. The maximum absolute atomic E-state index is 14.1. The van der Waals surface area contributed by atoms with Crippen molar-refractivity contribution in [2.24, 2.45) is 11.8 Å². The molecule has 1 N–H and O–H groups in total. The molecule has 8 nitrogen and oxygen atoms in total. The Labute approximate surface area is 248 Å². The summed E-state index contributed by atoms with van der Waals surface area (Å²) >= 11 is 0. The Kier molecular flexibility index (Phi) is 6.54. The van der Waals surface area contributed by atoms with Gasteiger partial charge in [0.15, 0.2) is 6.61 Å². The molecule has 4 aromatic carbocycles. The van der Waals surface area contributed by atoms with Crippen molar-refractivity contribution >= 4 is 35.1 Å². The number of rotatable bonds is 7. The first kappa shape index (κ1) is 26.6. The van der Waals surface area contributed by atoms with Crippen LogP contribution in [0.5, 0.6) is 5.75 Å². The van der Waals surface area contributed by atoms with E-state index >= 15 is 0 Å². The Morgan fingerprint density at radius 3 is 1.77 bits per heavy atom. The van der Waals surface area contributed by atoms with E-state index in [1.807, 2.05) is 55.5 Å². The van der Waals surface area contributed by atoms with E-state index in [2.05, 4.69) is 5.32 Å². The van der Waals surface area contributed by atoms with Gasteiger partial charge in [0.25, 0.3) is 5.91 Å². The molecule has 0 aromatic heterocycles. The van der Waals surface area contributed by atoms with Crippen LogP contribution in [0.1, 0.15) is 51.4 Å². The highest BCUT2D eigenvalue weighted by Crippen LogP contribution is 2.61. The average Bonchev–Trinajstić information content (AvgIpc) is 3.30. The maximum Gasteiger partial charge on any atom is 0.340 e. The van der Waals surface area contributed by atoms with Gasteiger partial charge in [-0.05, 0) is 65.6 Å². The van der Waals surface area contributed by atoms with Crippen LogP contribution in [0.2, 0.25) is 0 Å². The second kappa shape index (κ2) is 10.5. The van der Waals surface area contributed by atoms with Crippen LogP contribution in [-0.4, -0.2) is 36.9 Å². The number of benzene rings is 4. The van der Waals surface area contributed by atoms with Crippen LogP contribution in [0.4, 0.5) is 11.4 Å². The number of carbonyl (C=O) groups is 4. The first-order valence-electron chi connectivity index (χ1n) is 14.3. The lowest BCUT2D eigenvalue weighted by atomic mass is 9.55. The maximum atomic E-state index is 14.1. The molecular weight excluding hydrogens is 544 g/mol. The van der Waals surface area contributed by atoms with Gasteiger partial charge >= 0.3 is 5.97 Å². The summed E-state index contributed by atoms with van der Waals surface area (Å²) in [6, 6.07) is 29.3. The van der Waals surface area contributed by atoms with Gasteiger partial charge in [-0.25, -0.2) is 9.69 Å². The number of nitrogens with zero attached hydrogens (tertiary/aromatic N) is 1. The Morgan fingerprint density at radius 2 is 1.23 bits per heavy atom. The van der Waals surface area contributed by atoms with E-state index in [1.165, 1.54) is 6.07 Å². The molecule has 1 heterocycles. The summed E-state index contributed by atoms with van der Waals surface area (Å²) in [6.45, 7) is 1.87. The number of carbonyl (C=O) groups excluding carboxylic acids is 4. The van der Waals surface area contributed by atoms with E-state index in [0.29, 0.717) is 18.0 Å². The fourth-order valence-corrected chi connectivity index (χ4v) is 6.96. The van der Waals surface area contributed by atoms with Crippen molar-refractivity contribution in [1.82, 2.24) is 0 Å². The third-order valence-corrected chi connectivity index (χ3v) is 8.60. The molecule has 1 fully saturated rings. The summed E-state index contributed by atoms with van der Waals surface area (Å²) in [6.07, 6.45) is 0. The van der Waals surface area contributed by atoms with Gasteiger partial charge in [-0.2, -0.15) is 0 Å². The molecule has 1 aliphatic heterocycles. The summed E-state index contributed by atoms with van der Waals surface area (Å²) in [5, 5.41) is 2.68. The van der Waals surface area contributed by atoms with Gasteiger partial charge in [0.2, 0.25) is 11.8 Å². The van der Waals surface area contributed by atoms with Crippen LogP contribution in [0.15, 0.2) is 97.1 Å².